The van der Waals surface area contributed by atoms with Crippen LogP contribution >= 0.6 is 0 Å². The fourth-order valence-electron chi connectivity index (χ4n) is 3.67. The first-order valence-electron chi connectivity index (χ1n) is 10.9. The van der Waals surface area contributed by atoms with Crippen LogP contribution in [0, 0.1) is 0 Å². The number of sulfonamides is 1. The predicted molar refractivity (Wildman–Crippen MR) is 123 cm³/mol. The fourth-order valence-corrected chi connectivity index (χ4v) is 5.18. The number of aromatic nitrogens is 1. The Kier molecular flexibility index (Phi) is 7.36. The van der Waals surface area contributed by atoms with Crippen molar-refractivity contribution in [3.63, 3.8) is 0 Å². The van der Waals surface area contributed by atoms with Crippen molar-refractivity contribution in [1.82, 2.24) is 9.29 Å². The number of esters is 1. The van der Waals surface area contributed by atoms with Gasteiger partial charge in [0.05, 0.1) is 17.5 Å². The zero-order valence-electron chi connectivity index (χ0n) is 18.2. The second-order valence-corrected chi connectivity index (χ2v) is 9.78. The van der Waals surface area contributed by atoms with Gasteiger partial charge < -0.3 is 9.47 Å². The number of hydrogen-bond acceptors (Lipinski definition) is 6. The summed E-state index contributed by atoms with van der Waals surface area (Å²) in [7, 11) is -3.49. The fraction of sp³-hybridized carbons (Fsp3) is 0.280. The smallest absolute Gasteiger partial charge is 0.310 e. The molecule has 1 aromatic heterocycles. The van der Waals surface area contributed by atoms with Gasteiger partial charge in [0.25, 0.3) is 0 Å². The van der Waals surface area contributed by atoms with Crippen LogP contribution in [0.15, 0.2) is 78.0 Å². The summed E-state index contributed by atoms with van der Waals surface area (Å²) in [6.45, 7) is 1.18. The molecule has 0 radical (unpaired) electrons. The zero-order valence-corrected chi connectivity index (χ0v) is 19.0. The highest BCUT2D eigenvalue weighted by Crippen LogP contribution is 2.25. The third-order valence-corrected chi connectivity index (χ3v) is 7.36. The standard InChI is InChI=1S/C25H26N2O5S/c28-25(31-19-21-7-2-3-9-24(21)32-22-8-6-14-26-18-22)17-20-10-12-23(13-11-20)33(29,30)27-15-4-1-5-16-27/h2-3,6-14,18H,1,4-5,15-17,19H2. The maximum atomic E-state index is 12.8. The van der Waals surface area contributed by atoms with Crippen molar-refractivity contribution in [1.29, 1.82) is 0 Å². The van der Waals surface area contributed by atoms with Gasteiger partial charge in [0.1, 0.15) is 18.1 Å². The summed E-state index contributed by atoms with van der Waals surface area (Å²) < 4.78 is 38.3. The molecule has 1 fully saturated rings. The highest BCUT2D eigenvalue weighted by molar-refractivity contribution is 7.89. The summed E-state index contributed by atoms with van der Waals surface area (Å²) in [5.74, 6) is 0.777. The Balaban J connectivity index is 1.34. The maximum absolute atomic E-state index is 12.8. The number of benzene rings is 2. The minimum absolute atomic E-state index is 0.0513. The molecular formula is C25H26N2O5S. The minimum Gasteiger partial charge on any atom is -0.460 e. The van der Waals surface area contributed by atoms with E-state index in [4.69, 9.17) is 9.47 Å². The summed E-state index contributed by atoms with van der Waals surface area (Å²) >= 11 is 0. The van der Waals surface area contributed by atoms with Gasteiger partial charge in [0.2, 0.25) is 10.0 Å². The van der Waals surface area contributed by atoms with Crippen molar-refractivity contribution in [3.8, 4) is 11.5 Å². The Hall–Kier alpha value is -3.23. The maximum Gasteiger partial charge on any atom is 0.310 e. The molecule has 1 aliphatic rings. The van der Waals surface area contributed by atoms with Crippen molar-refractivity contribution in [2.45, 2.75) is 37.2 Å². The number of rotatable bonds is 8. The molecule has 0 bridgehead atoms. The van der Waals surface area contributed by atoms with Crippen LogP contribution in [0.25, 0.3) is 0 Å². The van der Waals surface area contributed by atoms with E-state index in [-0.39, 0.29) is 17.9 Å². The molecule has 4 rings (SSSR count). The van der Waals surface area contributed by atoms with Gasteiger partial charge in [-0.3, -0.25) is 9.78 Å². The molecule has 0 N–H and O–H groups in total. The topological polar surface area (TPSA) is 85.8 Å². The lowest BCUT2D eigenvalue weighted by Crippen LogP contribution is -2.35. The molecule has 0 amide bonds. The van der Waals surface area contributed by atoms with Crippen LogP contribution in [0.5, 0.6) is 11.5 Å². The first-order valence-corrected chi connectivity index (χ1v) is 12.4. The van der Waals surface area contributed by atoms with E-state index in [1.165, 1.54) is 4.31 Å². The van der Waals surface area contributed by atoms with Crippen molar-refractivity contribution in [3.05, 3.63) is 84.2 Å². The molecule has 0 atom stereocenters. The van der Waals surface area contributed by atoms with Gasteiger partial charge in [-0.25, -0.2) is 8.42 Å². The van der Waals surface area contributed by atoms with Gasteiger partial charge in [-0.1, -0.05) is 36.8 Å². The van der Waals surface area contributed by atoms with E-state index in [0.717, 1.165) is 24.8 Å². The zero-order chi connectivity index (χ0) is 23.1. The number of pyridine rings is 1. The molecule has 0 spiro atoms. The van der Waals surface area contributed by atoms with Crippen LogP contribution in [-0.2, 0) is 32.6 Å². The van der Waals surface area contributed by atoms with Crippen LogP contribution in [0.2, 0.25) is 0 Å². The monoisotopic (exact) mass is 466 g/mol. The largest absolute Gasteiger partial charge is 0.460 e. The summed E-state index contributed by atoms with van der Waals surface area (Å²) in [6, 6.07) is 17.3. The Morgan fingerprint density at radius 2 is 1.70 bits per heavy atom. The SMILES string of the molecule is O=C(Cc1ccc(S(=O)(=O)N2CCCCC2)cc1)OCc1ccccc1Oc1cccnc1. The summed E-state index contributed by atoms with van der Waals surface area (Å²) in [6.07, 6.45) is 6.16. The Morgan fingerprint density at radius 3 is 2.42 bits per heavy atom. The lowest BCUT2D eigenvalue weighted by molar-refractivity contribution is -0.144. The van der Waals surface area contributed by atoms with Crippen LogP contribution in [-0.4, -0.2) is 36.8 Å². The van der Waals surface area contributed by atoms with Gasteiger partial charge in [0.15, 0.2) is 0 Å². The molecule has 8 heteroatoms. The van der Waals surface area contributed by atoms with Gasteiger partial charge in [0, 0.05) is 24.8 Å². The number of carbonyl (C=O) groups is 1. The average molecular weight is 467 g/mol. The number of para-hydroxylation sites is 1. The minimum atomic E-state index is -3.49. The Labute approximate surface area is 194 Å². The molecular weight excluding hydrogens is 440 g/mol. The Bertz CT molecular complexity index is 1170. The number of ether oxygens (including phenoxy) is 2. The Morgan fingerprint density at radius 1 is 0.939 bits per heavy atom. The lowest BCUT2D eigenvalue weighted by Gasteiger charge is -2.25. The molecule has 0 aliphatic carbocycles. The van der Waals surface area contributed by atoms with E-state index < -0.39 is 16.0 Å². The number of hydrogen-bond donors (Lipinski definition) is 0. The molecule has 7 nitrogen and oxygen atoms in total. The van der Waals surface area contributed by atoms with Crippen LogP contribution in [0.1, 0.15) is 30.4 Å². The highest BCUT2D eigenvalue weighted by atomic mass is 32.2. The van der Waals surface area contributed by atoms with Crippen molar-refractivity contribution >= 4 is 16.0 Å². The molecule has 3 aromatic rings. The van der Waals surface area contributed by atoms with E-state index in [1.54, 1.807) is 54.9 Å². The second-order valence-electron chi connectivity index (χ2n) is 7.84. The van der Waals surface area contributed by atoms with E-state index in [9.17, 15) is 13.2 Å². The van der Waals surface area contributed by atoms with Crippen LogP contribution < -0.4 is 4.74 Å². The molecule has 2 aromatic carbocycles. The van der Waals surface area contributed by atoms with E-state index in [1.807, 2.05) is 18.2 Å². The summed E-state index contributed by atoms with van der Waals surface area (Å²) in [5.41, 5.74) is 1.43. The number of carbonyl (C=O) groups excluding carboxylic acids is 1. The van der Waals surface area contributed by atoms with Crippen LogP contribution in [0.4, 0.5) is 0 Å². The molecule has 33 heavy (non-hydrogen) atoms. The van der Waals surface area contributed by atoms with Gasteiger partial charge in [-0.15, -0.1) is 0 Å². The quantitative estimate of drug-likeness (QED) is 0.459. The number of piperidine rings is 1. The van der Waals surface area contributed by atoms with Gasteiger partial charge >= 0.3 is 5.97 Å². The average Bonchev–Trinajstić information content (AvgIpc) is 2.85. The number of nitrogens with zero attached hydrogens (tertiary/aromatic N) is 2. The van der Waals surface area contributed by atoms with E-state index >= 15 is 0 Å². The first-order chi connectivity index (χ1) is 16.0. The predicted octanol–water partition coefficient (Wildman–Crippen LogP) is 4.33. The third-order valence-electron chi connectivity index (χ3n) is 5.45. The van der Waals surface area contributed by atoms with Gasteiger partial charge in [-0.2, -0.15) is 4.31 Å². The molecule has 1 saturated heterocycles. The summed E-state index contributed by atoms with van der Waals surface area (Å²) in [4.78, 5) is 16.7. The van der Waals surface area contributed by atoms with Crippen molar-refractivity contribution in [2.75, 3.05) is 13.1 Å². The summed E-state index contributed by atoms with van der Waals surface area (Å²) in [5, 5.41) is 0. The molecule has 172 valence electrons. The first kappa shape index (κ1) is 22.9. The normalized spacial score (nSPS) is 14.5. The van der Waals surface area contributed by atoms with E-state index in [0.29, 0.717) is 30.2 Å². The molecule has 1 aliphatic heterocycles. The molecule has 0 saturated carbocycles. The molecule has 0 unspecified atom stereocenters. The van der Waals surface area contributed by atoms with E-state index in [2.05, 4.69) is 4.98 Å². The highest BCUT2D eigenvalue weighted by Gasteiger charge is 2.25. The lowest BCUT2D eigenvalue weighted by atomic mass is 10.1. The van der Waals surface area contributed by atoms with Crippen molar-refractivity contribution < 1.29 is 22.7 Å². The van der Waals surface area contributed by atoms with Crippen molar-refractivity contribution in [2.24, 2.45) is 0 Å². The van der Waals surface area contributed by atoms with Crippen LogP contribution in [0.3, 0.4) is 0 Å². The van der Waals surface area contributed by atoms with Gasteiger partial charge in [-0.05, 0) is 48.7 Å². The second kappa shape index (κ2) is 10.6. The third kappa shape index (κ3) is 5.97. The molecule has 2 heterocycles.